The lowest BCUT2D eigenvalue weighted by Crippen LogP contribution is -2.20. The van der Waals surface area contributed by atoms with Crippen LogP contribution < -0.4 is 5.32 Å². The van der Waals surface area contributed by atoms with Crippen LogP contribution in [0.5, 0.6) is 0 Å². The van der Waals surface area contributed by atoms with E-state index in [1.54, 1.807) is 12.4 Å². The lowest BCUT2D eigenvalue weighted by Gasteiger charge is -2.14. The van der Waals surface area contributed by atoms with Crippen LogP contribution >= 0.6 is 11.6 Å². The summed E-state index contributed by atoms with van der Waals surface area (Å²) in [5.41, 5.74) is 2.54. The van der Waals surface area contributed by atoms with Crippen molar-refractivity contribution in [1.82, 2.24) is 15.0 Å². The number of benzene rings is 1. The quantitative estimate of drug-likeness (QED) is 0.741. The number of nitrogens with one attached hydrogen (secondary N) is 1. The molecule has 2 N–H and O–H groups in total. The number of nitrogens with zero attached hydrogens (tertiary/aromatic N) is 3. The third-order valence-corrected chi connectivity index (χ3v) is 3.71. The Morgan fingerprint density at radius 1 is 1.12 bits per heavy atom. The molecule has 24 heavy (non-hydrogen) atoms. The van der Waals surface area contributed by atoms with Gasteiger partial charge in [-0.15, -0.1) is 0 Å². The zero-order valence-electron chi connectivity index (χ0n) is 13.1. The molecule has 0 bridgehead atoms. The van der Waals surface area contributed by atoms with E-state index in [2.05, 4.69) is 20.3 Å². The van der Waals surface area contributed by atoms with Gasteiger partial charge in [-0.2, -0.15) is 0 Å². The number of hydrogen-bond donors (Lipinski definition) is 2. The number of halogens is 1. The first-order chi connectivity index (χ1) is 11.7. The molecule has 0 saturated heterocycles. The van der Waals surface area contributed by atoms with Gasteiger partial charge < -0.3 is 10.4 Å². The molecule has 0 aliphatic heterocycles. The summed E-state index contributed by atoms with van der Waals surface area (Å²) in [6, 6.07) is 13.0. The van der Waals surface area contributed by atoms with Gasteiger partial charge in [0.05, 0.1) is 12.3 Å². The highest BCUT2D eigenvalue weighted by atomic mass is 35.5. The average Bonchev–Trinajstić information content (AvgIpc) is 2.62. The van der Waals surface area contributed by atoms with E-state index in [1.165, 1.54) is 0 Å². The fourth-order valence-corrected chi connectivity index (χ4v) is 2.34. The average molecular weight is 341 g/mol. The van der Waals surface area contributed by atoms with Gasteiger partial charge in [0.1, 0.15) is 5.82 Å². The van der Waals surface area contributed by atoms with Gasteiger partial charge in [-0.25, -0.2) is 9.97 Å². The summed E-state index contributed by atoms with van der Waals surface area (Å²) >= 11 is 5.96. The minimum Gasteiger partial charge on any atom is -0.394 e. The Balaban J connectivity index is 2.07. The molecular formula is C18H17ClN4O. The number of rotatable bonds is 5. The fourth-order valence-electron chi connectivity index (χ4n) is 2.21. The van der Waals surface area contributed by atoms with E-state index in [4.69, 9.17) is 11.6 Å². The van der Waals surface area contributed by atoms with Gasteiger partial charge in [0.15, 0.2) is 5.82 Å². The first-order valence-electron chi connectivity index (χ1n) is 7.58. The van der Waals surface area contributed by atoms with Crippen molar-refractivity contribution in [3.8, 4) is 22.6 Å². The van der Waals surface area contributed by atoms with Crippen LogP contribution in [0, 0.1) is 0 Å². The normalized spacial score (nSPS) is 12.0. The van der Waals surface area contributed by atoms with E-state index in [0.29, 0.717) is 16.7 Å². The van der Waals surface area contributed by atoms with Crippen molar-refractivity contribution in [2.75, 3.05) is 11.9 Å². The van der Waals surface area contributed by atoms with Gasteiger partial charge in [-0.05, 0) is 31.2 Å². The number of aromatic nitrogens is 3. The molecule has 2 aromatic heterocycles. The molecule has 1 unspecified atom stereocenters. The molecule has 0 fully saturated rings. The van der Waals surface area contributed by atoms with Crippen molar-refractivity contribution in [3.05, 3.63) is 59.9 Å². The molecule has 3 aromatic rings. The Kier molecular flexibility index (Phi) is 5.03. The second-order valence-corrected chi connectivity index (χ2v) is 5.88. The molecule has 0 aliphatic rings. The molecule has 6 heteroatoms. The summed E-state index contributed by atoms with van der Waals surface area (Å²) < 4.78 is 0. The lowest BCUT2D eigenvalue weighted by molar-refractivity contribution is 0.281. The van der Waals surface area contributed by atoms with Crippen molar-refractivity contribution < 1.29 is 5.11 Å². The van der Waals surface area contributed by atoms with Gasteiger partial charge in [-0.1, -0.05) is 23.7 Å². The van der Waals surface area contributed by atoms with Crippen LogP contribution in [0.15, 0.2) is 54.9 Å². The van der Waals surface area contributed by atoms with Gasteiger partial charge >= 0.3 is 0 Å². The van der Waals surface area contributed by atoms with E-state index in [9.17, 15) is 5.11 Å². The molecule has 3 rings (SSSR count). The lowest BCUT2D eigenvalue weighted by atomic mass is 10.1. The maximum Gasteiger partial charge on any atom is 0.163 e. The Labute approximate surface area is 145 Å². The maximum atomic E-state index is 9.27. The second-order valence-electron chi connectivity index (χ2n) is 5.44. The Bertz CT molecular complexity index is 809. The van der Waals surface area contributed by atoms with E-state index in [1.807, 2.05) is 49.4 Å². The number of aliphatic hydroxyl groups excluding tert-OH is 1. The maximum absolute atomic E-state index is 9.27. The molecular weight excluding hydrogens is 324 g/mol. The van der Waals surface area contributed by atoms with Crippen LogP contribution in [0.2, 0.25) is 5.02 Å². The third-order valence-electron chi connectivity index (χ3n) is 3.45. The zero-order valence-corrected chi connectivity index (χ0v) is 13.9. The summed E-state index contributed by atoms with van der Waals surface area (Å²) in [5.74, 6) is 1.22. The highest BCUT2D eigenvalue weighted by Gasteiger charge is 2.10. The van der Waals surface area contributed by atoms with Crippen LogP contribution in [0.3, 0.4) is 0 Å². The summed E-state index contributed by atoms with van der Waals surface area (Å²) in [7, 11) is 0. The molecule has 0 spiro atoms. The molecule has 0 radical (unpaired) electrons. The summed E-state index contributed by atoms with van der Waals surface area (Å²) in [5, 5.41) is 13.1. The largest absolute Gasteiger partial charge is 0.394 e. The molecule has 1 aromatic carbocycles. The van der Waals surface area contributed by atoms with Gasteiger partial charge in [0.2, 0.25) is 0 Å². The second kappa shape index (κ2) is 7.38. The van der Waals surface area contributed by atoms with E-state index < -0.39 is 0 Å². The van der Waals surface area contributed by atoms with E-state index in [0.717, 1.165) is 16.8 Å². The van der Waals surface area contributed by atoms with Crippen molar-refractivity contribution in [2.24, 2.45) is 0 Å². The van der Waals surface area contributed by atoms with Crippen LogP contribution in [0.4, 0.5) is 5.82 Å². The summed E-state index contributed by atoms with van der Waals surface area (Å²) in [4.78, 5) is 13.3. The Morgan fingerprint density at radius 2 is 1.92 bits per heavy atom. The fraction of sp³-hybridized carbons (Fsp3) is 0.167. The predicted octanol–water partition coefficient (Wildman–Crippen LogP) is 3.65. The van der Waals surface area contributed by atoms with Gasteiger partial charge in [-0.3, -0.25) is 4.98 Å². The number of aliphatic hydroxyl groups is 1. The minimum absolute atomic E-state index is 0.0164. The predicted molar refractivity (Wildman–Crippen MR) is 95.9 cm³/mol. The molecule has 0 aliphatic carbocycles. The highest BCUT2D eigenvalue weighted by molar-refractivity contribution is 6.30. The first-order valence-corrected chi connectivity index (χ1v) is 7.96. The van der Waals surface area contributed by atoms with Gasteiger partial charge in [0, 0.05) is 40.7 Å². The summed E-state index contributed by atoms with van der Waals surface area (Å²) in [6.07, 6.45) is 3.43. The molecule has 1 atom stereocenters. The Hall–Kier alpha value is -2.50. The highest BCUT2D eigenvalue weighted by Crippen LogP contribution is 2.25. The van der Waals surface area contributed by atoms with Gasteiger partial charge in [0.25, 0.3) is 0 Å². The minimum atomic E-state index is -0.111. The first kappa shape index (κ1) is 16.4. The molecule has 0 amide bonds. The van der Waals surface area contributed by atoms with Crippen LogP contribution in [0.25, 0.3) is 22.6 Å². The van der Waals surface area contributed by atoms with Crippen LogP contribution in [-0.2, 0) is 0 Å². The smallest absolute Gasteiger partial charge is 0.163 e. The Morgan fingerprint density at radius 3 is 2.58 bits per heavy atom. The van der Waals surface area contributed by atoms with E-state index >= 15 is 0 Å². The number of pyridine rings is 1. The monoisotopic (exact) mass is 340 g/mol. The van der Waals surface area contributed by atoms with Crippen molar-refractivity contribution in [2.45, 2.75) is 13.0 Å². The standard InChI is InChI=1S/C18H17ClN4O/c1-12(11-24)21-17-9-16(13-4-6-15(19)7-5-13)22-18(23-17)14-3-2-8-20-10-14/h2-10,12,24H,11H2,1H3,(H,21,22,23). The topological polar surface area (TPSA) is 70.9 Å². The van der Waals surface area contributed by atoms with Crippen LogP contribution in [-0.4, -0.2) is 32.7 Å². The van der Waals surface area contributed by atoms with Crippen LogP contribution in [0.1, 0.15) is 6.92 Å². The zero-order chi connectivity index (χ0) is 16.9. The molecule has 5 nitrogen and oxygen atoms in total. The number of anilines is 1. The molecule has 0 saturated carbocycles. The third kappa shape index (κ3) is 3.88. The van der Waals surface area contributed by atoms with Crippen molar-refractivity contribution in [1.29, 1.82) is 0 Å². The number of hydrogen-bond acceptors (Lipinski definition) is 5. The SMILES string of the molecule is CC(CO)Nc1cc(-c2ccc(Cl)cc2)nc(-c2cccnc2)n1. The summed E-state index contributed by atoms with van der Waals surface area (Å²) in [6.45, 7) is 1.90. The van der Waals surface area contributed by atoms with Crippen molar-refractivity contribution in [3.63, 3.8) is 0 Å². The molecule has 2 heterocycles. The van der Waals surface area contributed by atoms with E-state index in [-0.39, 0.29) is 12.6 Å². The van der Waals surface area contributed by atoms with Crippen molar-refractivity contribution >= 4 is 17.4 Å². The molecule has 122 valence electrons.